The molecule has 1 N–H and O–H groups in total. The Morgan fingerprint density at radius 1 is 1.25 bits per heavy atom. The normalized spacial score (nSPS) is 17.2. The Labute approximate surface area is 144 Å². The monoisotopic (exact) mass is 332 g/mol. The minimum absolute atomic E-state index is 0.0975. The lowest BCUT2D eigenvalue weighted by Gasteiger charge is -2.22. The van der Waals surface area contributed by atoms with Crippen molar-refractivity contribution in [3.63, 3.8) is 0 Å². The lowest BCUT2D eigenvalue weighted by atomic mass is 10.2. The molecule has 0 amide bonds. The first-order valence-electron chi connectivity index (χ1n) is 8.73. The molecular weight excluding hydrogens is 304 g/mol. The Morgan fingerprint density at radius 2 is 2.04 bits per heavy atom. The second-order valence-electron chi connectivity index (χ2n) is 5.46. The van der Waals surface area contributed by atoms with Crippen LogP contribution in [0.2, 0.25) is 0 Å². The highest BCUT2D eigenvalue weighted by Gasteiger charge is 2.14. The van der Waals surface area contributed by atoms with Crippen LogP contribution in [0.25, 0.3) is 5.69 Å². The van der Waals surface area contributed by atoms with Gasteiger partial charge >= 0.3 is 0 Å². The third-order valence-electron chi connectivity index (χ3n) is 3.68. The quantitative estimate of drug-likeness (QED) is 0.881. The van der Waals surface area contributed by atoms with Crippen LogP contribution in [0.15, 0.2) is 30.5 Å². The van der Waals surface area contributed by atoms with Crippen molar-refractivity contribution < 1.29 is 9.47 Å². The molecule has 0 aliphatic carbocycles. The zero-order chi connectivity index (χ0) is 17.2. The van der Waals surface area contributed by atoms with Crippen molar-refractivity contribution >= 4 is 0 Å². The Morgan fingerprint density at radius 3 is 2.71 bits per heavy atom. The van der Waals surface area contributed by atoms with Crippen molar-refractivity contribution in [2.24, 2.45) is 0 Å². The lowest BCUT2D eigenvalue weighted by molar-refractivity contribution is -0.169. The molecule has 1 aliphatic rings. The lowest BCUT2D eigenvalue weighted by Crippen LogP contribution is -2.22. The highest BCUT2D eigenvalue weighted by molar-refractivity contribution is 5.33. The van der Waals surface area contributed by atoms with Crippen LogP contribution >= 0.6 is 0 Å². The van der Waals surface area contributed by atoms with Crippen LogP contribution in [0.3, 0.4) is 0 Å². The number of rotatable bonds is 6. The largest absolute Gasteiger partial charge is 0.353 e. The molecule has 0 spiro atoms. The van der Waals surface area contributed by atoms with E-state index in [4.69, 9.17) is 9.47 Å². The third kappa shape index (κ3) is 5.40. The average molecular weight is 332 g/mol. The minimum Gasteiger partial charge on any atom is -0.353 e. The van der Waals surface area contributed by atoms with Crippen molar-refractivity contribution in [1.29, 1.82) is 0 Å². The number of hydrogen-bond acceptors (Lipinski definition) is 5. The van der Waals surface area contributed by atoms with Gasteiger partial charge in [-0.05, 0) is 44.0 Å². The molecule has 3 rings (SSSR count). The van der Waals surface area contributed by atoms with Crippen LogP contribution in [0, 0.1) is 0 Å². The first-order chi connectivity index (χ1) is 11.8. The minimum atomic E-state index is -0.0975. The van der Waals surface area contributed by atoms with Crippen LogP contribution in [0.1, 0.15) is 44.4 Å². The summed E-state index contributed by atoms with van der Waals surface area (Å²) in [5.41, 5.74) is 3.05. The summed E-state index contributed by atoms with van der Waals surface area (Å²) in [4.78, 5) is 0. The highest BCUT2D eigenvalue weighted by Crippen LogP contribution is 2.15. The van der Waals surface area contributed by atoms with Gasteiger partial charge in [-0.25, -0.2) is 4.68 Å². The van der Waals surface area contributed by atoms with Crippen LogP contribution in [-0.2, 0) is 22.6 Å². The fourth-order valence-electron chi connectivity index (χ4n) is 2.48. The summed E-state index contributed by atoms with van der Waals surface area (Å²) >= 11 is 0. The summed E-state index contributed by atoms with van der Waals surface area (Å²) in [6, 6.07) is 8.24. The molecule has 0 saturated carbocycles. The molecule has 0 bridgehead atoms. The SMILES string of the molecule is CC.CNCc1ccc(-n2cc(COC3CCCCO3)nn2)cc1. The van der Waals surface area contributed by atoms with E-state index >= 15 is 0 Å². The molecule has 6 nitrogen and oxygen atoms in total. The molecule has 2 heterocycles. The molecule has 1 aliphatic heterocycles. The standard InChI is InChI=1S/C16H22N4O2.C2H6/c1-17-10-13-5-7-15(8-6-13)20-11-14(18-19-20)12-22-16-4-2-3-9-21-16;1-2/h5-8,11,16-17H,2-4,9-10,12H2,1H3;1-2H3. The van der Waals surface area contributed by atoms with Crippen molar-refractivity contribution in [3.05, 3.63) is 41.7 Å². The van der Waals surface area contributed by atoms with Crippen molar-refractivity contribution in [1.82, 2.24) is 20.3 Å². The number of ether oxygens (including phenoxy) is 2. The van der Waals surface area contributed by atoms with Crippen LogP contribution in [0.5, 0.6) is 0 Å². The van der Waals surface area contributed by atoms with Crippen molar-refractivity contribution in [2.45, 2.75) is 52.6 Å². The molecule has 0 radical (unpaired) electrons. The van der Waals surface area contributed by atoms with Gasteiger partial charge < -0.3 is 14.8 Å². The van der Waals surface area contributed by atoms with Gasteiger partial charge in [0.05, 0.1) is 18.5 Å². The van der Waals surface area contributed by atoms with Crippen LogP contribution in [0.4, 0.5) is 0 Å². The summed E-state index contributed by atoms with van der Waals surface area (Å²) in [6.45, 7) is 6.08. The van der Waals surface area contributed by atoms with E-state index in [9.17, 15) is 0 Å². The number of nitrogens with zero attached hydrogens (tertiary/aromatic N) is 3. The summed E-state index contributed by atoms with van der Waals surface area (Å²) in [5, 5.41) is 11.4. The van der Waals surface area contributed by atoms with E-state index in [1.54, 1.807) is 4.68 Å². The summed E-state index contributed by atoms with van der Waals surface area (Å²) < 4.78 is 13.0. The van der Waals surface area contributed by atoms with E-state index in [2.05, 4.69) is 27.8 Å². The zero-order valence-electron chi connectivity index (χ0n) is 14.9. The van der Waals surface area contributed by atoms with Gasteiger partial charge in [-0.2, -0.15) is 0 Å². The molecule has 1 unspecified atom stereocenters. The van der Waals surface area contributed by atoms with Crippen LogP contribution < -0.4 is 5.32 Å². The Hall–Kier alpha value is -1.76. The number of benzene rings is 1. The molecule has 2 aromatic rings. The van der Waals surface area contributed by atoms with Gasteiger partial charge in [-0.15, -0.1) is 5.10 Å². The van der Waals surface area contributed by atoms with E-state index in [1.165, 1.54) is 5.56 Å². The Balaban J connectivity index is 0.00000100. The van der Waals surface area contributed by atoms with E-state index in [0.29, 0.717) is 6.61 Å². The van der Waals surface area contributed by atoms with E-state index < -0.39 is 0 Å². The maximum atomic E-state index is 5.72. The van der Waals surface area contributed by atoms with Gasteiger partial charge in [0, 0.05) is 13.2 Å². The van der Waals surface area contributed by atoms with Gasteiger partial charge in [0.25, 0.3) is 0 Å². The Kier molecular flexibility index (Phi) is 7.88. The van der Waals surface area contributed by atoms with Gasteiger partial charge in [-0.1, -0.05) is 31.2 Å². The molecule has 132 valence electrons. The molecule has 1 aromatic carbocycles. The molecule has 1 aromatic heterocycles. The first-order valence-corrected chi connectivity index (χ1v) is 8.73. The molecule has 24 heavy (non-hydrogen) atoms. The van der Waals surface area contributed by atoms with Gasteiger partial charge in [0.2, 0.25) is 0 Å². The zero-order valence-corrected chi connectivity index (χ0v) is 14.9. The number of aromatic nitrogens is 3. The summed E-state index contributed by atoms with van der Waals surface area (Å²) in [5.74, 6) is 0. The third-order valence-corrected chi connectivity index (χ3v) is 3.68. The van der Waals surface area contributed by atoms with Crippen molar-refractivity contribution in [2.75, 3.05) is 13.7 Å². The smallest absolute Gasteiger partial charge is 0.158 e. The predicted octanol–water partition coefficient (Wildman–Crippen LogP) is 3.06. The maximum Gasteiger partial charge on any atom is 0.158 e. The maximum absolute atomic E-state index is 5.72. The Bertz CT molecular complexity index is 577. The highest BCUT2D eigenvalue weighted by atomic mass is 16.7. The summed E-state index contributed by atoms with van der Waals surface area (Å²) in [7, 11) is 1.94. The topological polar surface area (TPSA) is 61.2 Å². The predicted molar refractivity (Wildman–Crippen MR) is 93.9 cm³/mol. The fraction of sp³-hybridized carbons (Fsp3) is 0.556. The van der Waals surface area contributed by atoms with Gasteiger partial charge in [-0.3, -0.25) is 0 Å². The average Bonchev–Trinajstić information content (AvgIpc) is 3.12. The first kappa shape index (κ1) is 18.6. The van der Waals surface area contributed by atoms with Crippen LogP contribution in [-0.4, -0.2) is 34.9 Å². The molecule has 1 fully saturated rings. The number of hydrogen-bond donors (Lipinski definition) is 1. The molecule has 1 atom stereocenters. The molecule has 6 heteroatoms. The fourth-order valence-corrected chi connectivity index (χ4v) is 2.48. The van der Waals surface area contributed by atoms with E-state index in [-0.39, 0.29) is 6.29 Å². The van der Waals surface area contributed by atoms with Crippen molar-refractivity contribution in [3.8, 4) is 5.69 Å². The second kappa shape index (κ2) is 10.2. The van der Waals surface area contributed by atoms with E-state index in [0.717, 1.165) is 43.8 Å². The number of nitrogens with one attached hydrogen (secondary N) is 1. The molecule has 1 saturated heterocycles. The van der Waals surface area contributed by atoms with Gasteiger partial charge in [0.1, 0.15) is 5.69 Å². The second-order valence-corrected chi connectivity index (χ2v) is 5.46. The summed E-state index contributed by atoms with van der Waals surface area (Å²) in [6.07, 6.45) is 5.05. The van der Waals surface area contributed by atoms with Gasteiger partial charge in [0.15, 0.2) is 6.29 Å². The molecular formula is C18H28N4O2. The van der Waals surface area contributed by atoms with E-state index in [1.807, 2.05) is 39.2 Å².